The molecule has 0 spiro atoms. The van der Waals surface area contributed by atoms with E-state index in [4.69, 9.17) is 9.84 Å². The first-order chi connectivity index (χ1) is 8.24. The maximum atomic E-state index is 11.5. The van der Waals surface area contributed by atoms with Gasteiger partial charge in [0, 0.05) is 18.9 Å². The summed E-state index contributed by atoms with van der Waals surface area (Å²) in [6.45, 7) is 2.06. The molecule has 1 aliphatic heterocycles. The first-order valence-electron chi connectivity index (χ1n) is 5.86. The molecule has 0 bridgehead atoms. The molecular formula is C13H17NO3. The smallest absolute Gasteiger partial charge is 0.220 e. The van der Waals surface area contributed by atoms with Crippen LogP contribution in [0.1, 0.15) is 12.0 Å². The Balaban J connectivity index is 1.64. The molecule has 4 heteroatoms. The molecule has 0 unspecified atom stereocenters. The van der Waals surface area contributed by atoms with Crippen LogP contribution in [0.5, 0.6) is 5.75 Å². The number of phenolic OH excluding ortho intramolecular Hbond substituents is 1. The Morgan fingerprint density at radius 3 is 2.65 bits per heavy atom. The average Bonchev–Trinajstić information content (AvgIpc) is 2.26. The van der Waals surface area contributed by atoms with E-state index in [1.807, 2.05) is 12.1 Å². The molecule has 0 aliphatic carbocycles. The van der Waals surface area contributed by atoms with Crippen molar-refractivity contribution in [1.29, 1.82) is 0 Å². The Labute approximate surface area is 101 Å². The van der Waals surface area contributed by atoms with Crippen LogP contribution in [0.4, 0.5) is 0 Å². The van der Waals surface area contributed by atoms with E-state index in [9.17, 15) is 4.79 Å². The second kappa shape index (κ2) is 5.68. The van der Waals surface area contributed by atoms with Crippen molar-refractivity contribution in [3.05, 3.63) is 29.8 Å². The average molecular weight is 235 g/mol. The van der Waals surface area contributed by atoms with Gasteiger partial charge < -0.3 is 15.2 Å². The predicted molar refractivity (Wildman–Crippen MR) is 63.7 cm³/mol. The van der Waals surface area contributed by atoms with Crippen molar-refractivity contribution in [3.8, 4) is 5.75 Å². The lowest BCUT2D eigenvalue weighted by atomic mass is 10.0. The molecule has 1 aromatic rings. The lowest BCUT2D eigenvalue weighted by molar-refractivity contribution is -0.126. The van der Waals surface area contributed by atoms with Gasteiger partial charge in [-0.25, -0.2) is 0 Å². The van der Waals surface area contributed by atoms with Crippen molar-refractivity contribution < 1.29 is 14.6 Å². The number of hydrogen-bond acceptors (Lipinski definition) is 3. The normalized spacial score (nSPS) is 15.3. The van der Waals surface area contributed by atoms with E-state index >= 15 is 0 Å². The van der Waals surface area contributed by atoms with Gasteiger partial charge in [-0.3, -0.25) is 4.79 Å². The number of benzene rings is 1. The Hall–Kier alpha value is -1.55. The molecule has 0 radical (unpaired) electrons. The first kappa shape index (κ1) is 11.9. The van der Waals surface area contributed by atoms with Crippen molar-refractivity contribution in [3.63, 3.8) is 0 Å². The lowest BCUT2D eigenvalue weighted by Gasteiger charge is -2.25. The monoisotopic (exact) mass is 235 g/mol. The number of hydrogen-bond donors (Lipinski definition) is 2. The molecule has 1 aromatic carbocycles. The Bertz CT molecular complexity index is 371. The van der Waals surface area contributed by atoms with E-state index in [0.29, 0.717) is 32.1 Å². The molecule has 1 heterocycles. The summed E-state index contributed by atoms with van der Waals surface area (Å²) in [5.74, 6) is 0.767. The summed E-state index contributed by atoms with van der Waals surface area (Å²) < 4.78 is 5.02. The molecule has 0 aromatic heterocycles. The zero-order valence-electron chi connectivity index (χ0n) is 9.69. The number of nitrogens with one attached hydrogen (secondary N) is 1. The topological polar surface area (TPSA) is 58.6 Å². The highest BCUT2D eigenvalue weighted by Gasteiger charge is 2.21. The summed E-state index contributed by atoms with van der Waals surface area (Å²) in [6, 6.07) is 7.04. The van der Waals surface area contributed by atoms with Gasteiger partial charge in [-0.2, -0.15) is 0 Å². The third-order valence-electron chi connectivity index (χ3n) is 2.85. The van der Waals surface area contributed by atoms with Crippen LogP contribution in [-0.4, -0.2) is 30.8 Å². The Morgan fingerprint density at radius 2 is 2.06 bits per heavy atom. The highest BCUT2D eigenvalue weighted by molar-refractivity contribution is 5.76. The Kier molecular flexibility index (Phi) is 3.98. The van der Waals surface area contributed by atoms with E-state index < -0.39 is 0 Å². The van der Waals surface area contributed by atoms with Gasteiger partial charge in [0.15, 0.2) is 0 Å². The van der Waals surface area contributed by atoms with E-state index in [-0.39, 0.29) is 11.7 Å². The van der Waals surface area contributed by atoms with Gasteiger partial charge in [0.05, 0.1) is 13.2 Å². The van der Waals surface area contributed by atoms with Crippen molar-refractivity contribution in [1.82, 2.24) is 5.32 Å². The van der Waals surface area contributed by atoms with Crippen LogP contribution in [-0.2, 0) is 16.0 Å². The third-order valence-corrected chi connectivity index (χ3v) is 2.85. The summed E-state index contributed by atoms with van der Waals surface area (Å²) >= 11 is 0. The van der Waals surface area contributed by atoms with Crippen molar-refractivity contribution in [2.45, 2.75) is 12.8 Å². The fraction of sp³-hybridized carbons (Fsp3) is 0.462. The molecule has 1 fully saturated rings. The number of amides is 1. The number of carbonyl (C=O) groups is 1. The standard InChI is InChI=1S/C13H17NO3/c15-12-3-1-10(2-4-12)5-6-14-13(16)7-11-8-17-9-11/h1-4,11,15H,5-9H2,(H,14,16). The molecule has 17 heavy (non-hydrogen) atoms. The lowest BCUT2D eigenvalue weighted by Crippen LogP contribution is -2.35. The number of aromatic hydroxyl groups is 1. The van der Waals surface area contributed by atoms with Crippen LogP contribution in [0.3, 0.4) is 0 Å². The number of ether oxygens (including phenoxy) is 1. The minimum absolute atomic E-state index is 0.0945. The van der Waals surface area contributed by atoms with Crippen LogP contribution in [0, 0.1) is 5.92 Å². The van der Waals surface area contributed by atoms with E-state index in [1.54, 1.807) is 12.1 Å². The van der Waals surface area contributed by atoms with Crippen molar-refractivity contribution in [2.75, 3.05) is 19.8 Å². The number of rotatable bonds is 5. The SMILES string of the molecule is O=C(CC1COC1)NCCc1ccc(O)cc1. The Morgan fingerprint density at radius 1 is 1.35 bits per heavy atom. The number of carbonyl (C=O) groups excluding carboxylic acids is 1. The van der Waals surface area contributed by atoms with Crippen LogP contribution in [0.15, 0.2) is 24.3 Å². The summed E-state index contributed by atoms with van der Waals surface area (Å²) in [5, 5.41) is 12.0. The summed E-state index contributed by atoms with van der Waals surface area (Å²) in [6.07, 6.45) is 1.35. The molecule has 92 valence electrons. The highest BCUT2D eigenvalue weighted by Crippen LogP contribution is 2.13. The van der Waals surface area contributed by atoms with Crippen molar-refractivity contribution >= 4 is 5.91 Å². The fourth-order valence-corrected chi connectivity index (χ4v) is 1.75. The molecule has 2 rings (SSSR count). The summed E-state index contributed by atoms with van der Waals surface area (Å²) in [7, 11) is 0. The van der Waals surface area contributed by atoms with Crippen LogP contribution in [0.2, 0.25) is 0 Å². The quantitative estimate of drug-likeness (QED) is 0.803. The first-order valence-corrected chi connectivity index (χ1v) is 5.86. The number of phenols is 1. The molecule has 1 amide bonds. The minimum atomic E-state index is 0.0945. The second-order valence-corrected chi connectivity index (χ2v) is 4.37. The molecular weight excluding hydrogens is 218 g/mol. The second-order valence-electron chi connectivity index (χ2n) is 4.37. The summed E-state index contributed by atoms with van der Waals surface area (Å²) in [5.41, 5.74) is 1.11. The molecule has 0 saturated carbocycles. The van der Waals surface area contributed by atoms with Gasteiger partial charge in [0.2, 0.25) is 5.91 Å². The van der Waals surface area contributed by atoms with Crippen LogP contribution in [0.25, 0.3) is 0 Å². The van der Waals surface area contributed by atoms with E-state index in [1.165, 1.54) is 0 Å². The van der Waals surface area contributed by atoms with Crippen molar-refractivity contribution in [2.24, 2.45) is 5.92 Å². The zero-order chi connectivity index (χ0) is 12.1. The molecule has 1 saturated heterocycles. The fourth-order valence-electron chi connectivity index (χ4n) is 1.75. The van der Waals surface area contributed by atoms with Gasteiger partial charge in [-0.05, 0) is 24.1 Å². The highest BCUT2D eigenvalue weighted by atomic mass is 16.5. The van der Waals surface area contributed by atoms with Gasteiger partial charge in [0.1, 0.15) is 5.75 Å². The largest absolute Gasteiger partial charge is 0.508 e. The minimum Gasteiger partial charge on any atom is -0.508 e. The predicted octanol–water partition coefficient (Wildman–Crippen LogP) is 1.09. The van der Waals surface area contributed by atoms with Gasteiger partial charge >= 0.3 is 0 Å². The maximum Gasteiger partial charge on any atom is 0.220 e. The molecule has 0 atom stereocenters. The third kappa shape index (κ3) is 3.75. The molecule has 2 N–H and O–H groups in total. The van der Waals surface area contributed by atoms with Crippen LogP contribution >= 0.6 is 0 Å². The van der Waals surface area contributed by atoms with Gasteiger partial charge in [0.25, 0.3) is 0 Å². The van der Waals surface area contributed by atoms with Gasteiger partial charge in [-0.1, -0.05) is 12.1 Å². The van der Waals surface area contributed by atoms with E-state index in [0.717, 1.165) is 12.0 Å². The maximum absolute atomic E-state index is 11.5. The van der Waals surface area contributed by atoms with Crippen LogP contribution < -0.4 is 5.32 Å². The molecule has 1 aliphatic rings. The molecule has 4 nitrogen and oxygen atoms in total. The van der Waals surface area contributed by atoms with E-state index in [2.05, 4.69) is 5.32 Å². The summed E-state index contributed by atoms with van der Waals surface area (Å²) in [4.78, 5) is 11.5. The zero-order valence-corrected chi connectivity index (χ0v) is 9.69. The van der Waals surface area contributed by atoms with Gasteiger partial charge in [-0.15, -0.1) is 0 Å².